The summed E-state index contributed by atoms with van der Waals surface area (Å²) in [6.45, 7) is 4.65. The Balaban J connectivity index is 3.45. The molecule has 0 saturated carbocycles. The standard InChI is InChI=1S/C10H21NO2/c1-3-5-7-9(11)10(12)13-8-6-4-2/h9H,3-8,11H2,1-2H3. The van der Waals surface area contributed by atoms with Crippen molar-refractivity contribution in [2.45, 2.75) is 52.0 Å². The van der Waals surface area contributed by atoms with Crippen LogP contribution >= 0.6 is 0 Å². The van der Waals surface area contributed by atoms with Gasteiger partial charge in [0, 0.05) is 0 Å². The number of carbonyl (C=O) groups excluding carboxylic acids is 1. The molecule has 0 amide bonds. The van der Waals surface area contributed by atoms with Crippen molar-refractivity contribution in [1.82, 2.24) is 0 Å². The molecular weight excluding hydrogens is 166 g/mol. The number of hydrogen-bond acceptors (Lipinski definition) is 3. The van der Waals surface area contributed by atoms with Crippen LogP contribution in [0.25, 0.3) is 0 Å². The summed E-state index contributed by atoms with van der Waals surface area (Å²) in [6.07, 6.45) is 4.76. The zero-order valence-corrected chi connectivity index (χ0v) is 8.71. The minimum Gasteiger partial charge on any atom is -0.465 e. The van der Waals surface area contributed by atoms with Crippen LogP contribution in [-0.4, -0.2) is 18.6 Å². The highest BCUT2D eigenvalue weighted by Gasteiger charge is 2.13. The van der Waals surface area contributed by atoms with E-state index in [1.165, 1.54) is 0 Å². The first kappa shape index (κ1) is 12.4. The average Bonchev–Trinajstić information content (AvgIpc) is 2.14. The molecule has 78 valence electrons. The summed E-state index contributed by atoms with van der Waals surface area (Å²) in [4.78, 5) is 11.2. The first-order chi connectivity index (χ1) is 6.22. The molecule has 0 aliphatic rings. The van der Waals surface area contributed by atoms with Crippen LogP contribution in [0, 0.1) is 0 Å². The fourth-order valence-corrected chi connectivity index (χ4v) is 0.966. The zero-order chi connectivity index (χ0) is 10.1. The van der Waals surface area contributed by atoms with Gasteiger partial charge in [-0.05, 0) is 12.8 Å². The van der Waals surface area contributed by atoms with Crippen molar-refractivity contribution < 1.29 is 9.53 Å². The summed E-state index contributed by atoms with van der Waals surface area (Å²) >= 11 is 0. The van der Waals surface area contributed by atoms with E-state index >= 15 is 0 Å². The third-order valence-electron chi connectivity index (χ3n) is 1.91. The summed E-state index contributed by atoms with van der Waals surface area (Å²) in [7, 11) is 0. The Hall–Kier alpha value is -0.570. The van der Waals surface area contributed by atoms with E-state index in [1.54, 1.807) is 0 Å². The van der Waals surface area contributed by atoms with E-state index in [2.05, 4.69) is 13.8 Å². The third-order valence-corrected chi connectivity index (χ3v) is 1.91. The van der Waals surface area contributed by atoms with Gasteiger partial charge in [-0.25, -0.2) is 0 Å². The number of esters is 1. The van der Waals surface area contributed by atoms with Crippen LogP contribution in [0.5, 0.6) is 0 Å². The van der Waals surface area contributed by atoms with E-state index in [0.717, 1.165) is 32.1 Å². The van der Waals surface area contributed by atoms with Crippen LogP contribution < -0.4 is 5.73 Å². The van der Waals surface area contributed by atoms with Gasteiger partial charge in [0.05, 0.1) is 6.61 Å². The Labute approximate surface area is 80.6 Å². The normalized spacial score (nSPS) is 12.5. The first-order valence-corrected chi connectivity index (χ1v) is 5.14. The van der Waals surface area contributed by atoms with Crippen LogP contribution in [0.3, 0.4) is 0 Å². The molecular formula is C10H21NO2. The number of rotatable bonds is 7. The highest BCUT2D eigenvalue weighted by Crippen LogP contribution is 2.00. The number of nitrogens with two attached hydrogens (primary N) is 1. The summed E-state index contributed by atoms with van der Waals surface area (Å²) < 4.78 is 4.98. The maximum atomic E-state index is 11.2. The van der Waals surface area contributed by atoms with Gasteiger partial charge < -0.3 is 10.5 Å². The SMILES string of the molecule is CCCCOC(=O)C(N)CCCC. The van der Waals surface area contributed by atoms with Gasteiger partial charge >= 0.3 is 5.97 Å². The maximum absolute atomic E-state index is 11.2. The van der Waals surface area contributed by atoms with Crippen LogP contribution in [0.1, 0.15) is 46.0 Å². The lowest BCUT2D eigenvalue weighted by Gasteiger charge is -2.10. The molecule has 13 heavy (non-hydrogen) atoms. The maximum Gasteiger partial charge on any atom is 0.322 e. The molecule has 1 atom stereocenters. The Morgan fingerprint density at radius 2 is 1.92 bits per heavy atom. The van der Waals surface area contributed by atoms with E-state index in [0.29, 0.717) is 6.61 Å². The second-order valence-electron chi connectivity index (χ2n) is 3.27. The Morgan fingerprint density at radius 1 is 1.31 bits per heavy atom. The fourth-order valence-electron chi connectivity index (χ4n) is 0.966. The molecule has 0 bridgehead atoms. The summed E-state index contributed by atoms with van der Waals surface area (Å²) in [5, 5.41) is 0. The van der Waals surface area contributed by atoms with E-state index in [9.17, 15) is 4.79 Å². The van der Waals surface area contributed by atoms with Gasteiger partial charge in [-0.2, -0.15) is 0 Å². The van der Waals surface area contributed by atoms with E-state index in [-0.39, 0.29) is 5.97 Å². The molecule has 0 rings (SSSR count). The van der Waals surface area contributed by atoms with E-state index < -0.39 is 6.04 Å². The van der Waals surface area contributed by atoms with Gasteiger partial charge in [-0.3, -0.25) is 4.79 Å². The van der Waals surface area contributed by atoms with Gasteiger partial charge in [-0.1, -0.05) is 33.1 Å². The Kier molecular flexibility index (Phi) is 7.69. The topological polar surface area (TPSA) is 52.3 Å². The van der Waals surface area contributed by atoms with E-state index in [4.69, 9.17) is 10.5 Å². The average molecular weight is 187 g/mol. The van der Waals surface area contributed by atoms with Gasteiger partial charge in [0.1, 0.15) is 6.04 Å². The minimum absolute atomic E-state index is 0.248. The molecule has 0 aromatic rings. The second-order valence-corrected chi connectivity index (χ2v) is 3.27. The summed E-state index contributed by atoms with van der Waals surface area (Å²) in [6, 6.07) is -0.420. The smallest absolute Gasteiger partial charge is 0.322 e. The monoisotopic (exact) mass is 187 g/mol. The van der Waals surface area contributed by atoms with Crippen molar-refractivity contribution in [2.24, 2.45) is 5.73 Å². The summed E-state index contributed by atoms with van der Waals surface area (Å²) in [5.41, 5.74) is 5.61. The molecule has 0 heterocycles. The van der Waals surface area contributed by atoms with Crippen molar-refractivity contribution in [3.63, 3.8) is 0 Å². The van der Waals surface area contributed by atoms with Crippen molar-refractivity contribution >= 4 is 5.97 Å². The Bertz CT molecular complexity index is 137. The minimum atomic E-state index is -0.420. The molecule has 0 aliphatic heterocycles. The van der Waals surface area contributed by atoms with Crippen molar-refractivity contribution in [2.75, 3.05) is 6.61 Å². The molecule has 0 fully saturated rings. The predicted molar refractivity (Wildman–Crippen MR) is 53.4 cm³/mol. The predicted octanol–water partition coefficient (Wildman–Crippen LogP) is 1.85. The van der Waals surface area contributed by atoms with Gasteiger partial charge in [0.25, 0.3) is 0 Å². The number of hydrogen-bond donors (Lipinski definition) is 1. The number of ether oxygens (including phenoxy) is 1. The highest BCUT2D eigenvalue weighted by atomic mass is 16.5. The van der Waals surface area contributed by atoms with Crippen LogP contribution in [0.15, 0.2) is 0 Å². The quantitative estimate of drug-likeness (QED) is 0.489. The Morgan fingerprint density at radius 3 is 2.46 bits per heavy atom. The molecule has 0 aliphatic carbocycles. The molecule has 3 nitrogen and oxygen atoms in total. The van der Waals surface area contributed by atoms with Crippen LogP contribution in [0.4, 0.5) is 0 Å². The molecule has 2 N–H and O–H groups in total. The fraction of sp³-hybridized carbons (Fsp3) is 0.900. The highest BCUT2D eigenvalue weighted by molar-refractivity contribution is 5.75. The van der Waals surface area contributed by atoms with Gasteiger partial charge in [0.15, 0.2) is 0 Å². The number of carbonyl (C=O) groups is 1. The lowest BCUT2D eigenvalue weighted by atomic mass is 10.1. The molecule has 0 spiro atoms. The van der Waals surface area contributed by atoms with Crippen molar-refractivity contribution in [3.05, 3.63) is 0 Å². The van der Waals surface area contributed by atoms with Gasteiger partial charge in [0.2, 0.25) is 0 Å². The van der Waals surface area contributed by atoms with Crippen LogP contribution in [0.2, 0.25) is 0 Å². The van der Waals surface area contributed by atoms with Gasteiger partial charge in [-0.15, -0.1) is 0 Å². The zero-order valence-electron chi connectivity index (χ0n) is 8.71. The largest absolute Gasteiger partial charge is 0.465 e. The lowest BCUT2D eigenvalue weighted by Crippen LogP contribution is -2.32. The first-order valence-electron chi connectivity index (χ1n) is 5.14. The van der Waals surface area contributed by atoms with Crippen molar-refractivity contribution in [3.8, 4) is 0 Å². The second kappa shape index (κ2) is 8.05. The molecule has 0 radical (unpaired) electrons. The molecule has 3 heteroatoms. The molecule has 0 aromatic carbocycles. The molecule has 0 saturated heterocycles. The van der Waals surface area contributed by atoms with E-state index in [1.807, 2.05) is 0 Å². The molecule has 0 aromatic heterocycles. The van der Waals surface area contributed by atoms with Crippen LogP contribution in [-0.2, 0) is 9.53 Å². The third kappa shape index (κ3) is 6.58. The summed E-state index contributed by atoms with van der Waals surface area (Å²) in [5.74, 6) is -0.248. The molecule has 1 unspecified atom stereocenters. The van der Waals surface area contributed by atoms with Crippen molar-refractivity contribution in [1.29, 1.82) is 0 Å². The lowest BCUT2D eigenvalue weighted by molar-refractivity contribution is -0.145. The number of unbranched alkanes of at least 4 members (excludes halogenated alkanes) is 2.